The molecule has 28 heavy (non-hydrogen) atoms. The Labute approximate surface area is 167 Å². The van der Waals surface area contributed by atoms with Crippen molar-refractivity contribution in [1.29, 1.82) is 0 Å². The molecule has 0 bridgehead atoms. The average molecular weight is 380 g/mol. The van der Waals surface area contributed by atoms with E-state index in [9.17, 15) is 9.59 Å². The van der Waals surface area contributed by atoms with Gasteiger partial charge in [-0.1, -0.05) is 48.0 Å². The number of nitrogens with one attached hydrogen (secondary N) is 1. The number of aryl methyl sites for hydroxylation is 1. The highest BCUT2D eigenvalue weighted by Crippen LogP contribution is 2.25. The summed E-state index contributed by atoms with van der Waals surface area (Å²) in [6.45, 7) is 6.03. The van der Waals surface area contributed by atoms with E-state index in [0.29, 0.717) is 19.5 Å². The standard InChI is InChI=1S/C23H29N3O2/c1-17-9-11-20(12-10-17)26-14-13-21(23(26)28)22(27)24-15-18(2)25(3)16-19-7-5-4-6-8-19/h4-12,18,21H,13-16H2,1-3H3,(H,24,27). The van der Waals surface area contributed by atoms with Gasteiger partial charge < -0.3 is 10.2 Å². The second-order valence-corrected chi connectivity index (χ2v) is 7.66. The lowest BCUT2D eigenvalue weighted by molar-refractivity contribution is -0.132. The second-order valence-electron chi connectivity index (χ2n) is 7.66. The SMILES string of the molecule is Cc1ccc(N2CCC(C(=O)NCC(C)N(C)Cc3ccccc3)C2=O)cc1. The lowest BCUT2D eigenvalue weighted by atomic mass is 10.1. The van der Waals surface area contributed by atoms with Crippen LogP contribution >= 0.6 is 0 Å². The van der Waals surface area contributed by atoms with Crippen molar-refractivity contribution in [3.05, 3.63) is 65.7 Å². The Kier molecular flexibility index (Phi) is 6.47. The van der Waals surface area contributed by atoms with Gasteiger partial charge in [0, 0.05) is 31.4 Å². The van der Waals surface area contributed by atoms with E-state index in [-0.39, 0.29) is 17.9 Å². The number of nitrogens with zero attached hydrogens (tertiary/aromatic N) is 2. The molecule has 0 aliphatic carbocycles. The van der Waals surface area contributed by atoms with Crippen LogP contribution in [0.4, 0.5) is 5.69 Å². The summed E-state index contributed by atoms with van der Waals surface area (Å²) in [7, 11) is 2.05. The first-order chi connectivity index (χ1) is 13.5. The van der Waals surface area contributed by atoms with Crippen molar-refractivity contribution in [2.24, 2.45) is 5.92 Å². The number of rotatable bonds is 7. The van der Waals surface area contributed by atoms with E-state index in [0.717, 1.165) is 17.8 Å². The molecule has 1 N–H and O–H groups in total. The van der Waals surface area contributed by atoms with E-state index in [1.165, 1.54) is 5.56 Å². The van der Waals surface area contributed by atoms with Crippen LogP contribution in [0.5, 0.6) is 0 Å². The zero-order valence-corrected chi connectivity index (χ0v) is 16.9. The molecule has 3 rings (SSSR count). The fourth-order valence-electron chi connectivity index (χ4n) is 3.46. The van der Waals surface area contributed by atoms with Crippen LogP contribution < -0.4 is 10.2 Å². The van der Waals surface area contributed by atoms with Gasteiger partial charge in [0.15, 0.2) is 0 Å². The van der Waals surface area contributed by atoms with E-state index in [2.05, 4.69) is 29.3 Å². The van der Waals surface area contributed by atoms with Gasteiger partial charge >= 0.3 is 0 Å². The van der Waals surface area contributed by atoms with Crippen molar-refractivity contribution in [1.82, 2.24) is 10.2 Å². The first kappa shape index (κ1) is 20.1. The minimum absolute atomic E-state index is 0.105. The number of benzene rings is 2. The average Bonchev–Trinajstić information content (AvgIpc) is 3.08. The summed E-state index contributed by atoms with van der Waals surface area (Å²) in [5.41, 5.74) is 3.25. The number of anilines is 1. The topological polar surface area (TPSA) is 52.7 Å². The molecular formula is C23H29N3O2. The molecule has 0 radical (unpaired) electrons. The van der Waals surface area contributed by atoms with Crippen LogP contribution in [0.15, 0.2) is 54.6 Å². The molecule has 1 aliphatic rings. The Morgan fingerprint density at radius 1 is 1.18 bits per heavy atom. The highest BCUT2D eigenvalue weighted by atomic mass is 16.2. The second kappa shape index (κ2) is 9.02. The summed E-state index contributed by atoms with van der Waals surface area (Å²) in [6, 6.07) is 18.3. The van der Waals surface area contributed by atoms with Crippen LogP contribution in [-0.2, 0) is 16.1 Å². The Bertz CT molecular complexity index is 804. The minimum Gasteiger partial charge on any atom is -0.354 e. The zero-order chi connectivity index (χ0) is 20.1. The summed E-state index contributed by atoms with van der Waals surface area (Å²) >= 11 is 0. The van der Waals surface area contributed by atoms with Crippen LogP contribution in [0, 0.1) is 12.8 Å². The summed E-state index contributed by atoms with van der Waals surface area (Å²) in [5, 5.41) is 2.97. The number of amides is 2. The zero-order valence-electron chi connectivity index (χ0n) is 16.9. The van der Waals surface area contributed by atoms with Gasteiger partial charge in [0.05, 0.1) is 0 Å². The third-order valence-electron chi connectivity index (χ3n) is 5.47. The molecule has 1 saturated heterocycles. The molecule has 1 fully saturated rings. The van der Waals surface area contributed by atoms with Crippen LogP contribution in [0.2, 0.25) is 0 Å². The normalized spacial score (nSPS) is 17.8. The van der Waals surface area contributed by atoms with Gasteiger partial charge in [0.1, 0.15) is 5.92 Å². The lowest BCUT2D eigenvalue weighted by Gasteiger charge is -2.25. The predicted octanol–water partition coefficient (Wildman–Crippen LogP) is 2.98. The Morgan fingerprint density at radius 2 is 1.86 bits per heavy atom. The van der Waals surface area contributed by atoms with Gasteiger partial charge in [0.25, 0.3) is 0 Å². The van der Waals surface area contributed by atoms with Gasteiger partial charge in [-0.25, -0.2) is 0 Å². The van der Waals surface area contributed by atoms with E-state index < -0.39 is 5.92 Å². The van der Waals surface area contributed by atoms with Crippen molar-refractivity contribution in [2.45, 2.75) is 32.9 Å². The Hall–Kier alpha value is -2.66. The molecule has 2 amide bonds. The van der Waals surface area contributed by atoms with E-state index in [1.54, 1.807) is 4.90 Å². The molecule has 2 aromatic carbocycles. The highest BCUT2D eigenvalue weighted by molar-refractivity contribution is 6.09. The number of carbonyl (C=O) groups excluding carboxylic acids is 2. The van der Waals surface area contributed by atoms with E-state index in [4.69, 9.17) is 0 Å². The Balaban J connectivity index is 1.50. The van der Waals surface area contributed by atoms with Crippen molar-refractivity contribution in [2.75, 3.05) is 25.0 Å². The van der Waals surface area contributed by atoms with Crippen LogP contribution in [0.3, 0.4) is 0 Å². The summed E-state index contributed by atoms with van der Waals surface area (Å²) in [6.07, 6.45) is 0.562. The summed E-state index contributed by atoms with van der Waals surface area (Å²) < 4.78 is 0. The Morgan fingerprint density at radius 3 is 2.54 bits per heavy atom. The third kappa shape index (κ3) is 4.78. The van der Waals surface area contributed by atoms with Crippen LogP contribution in [-0.4, -0.2) is 42.9 Å². The molecule has 2 atom stereocenters. The molecule has 1 aliphatic heterocycles. The molecule has 0 spiro atoms. The maximum absolute atomic E-state index is 12.7. The number of hydrogen-bond donors (Lipinski definition) is 1. The monoisotopic (exact) mass is 379 g/mol. The van der Waals surface area contributed by atoms with Crippen LogP contribution in [0.25, 0.3) is 0 Å². The molecule has 148 valence electrons. The molecular weight excluding hydrogens is 350 g/mol. The first-order valence-corrected chi connectivity index (χ1v) is 9.85. The van der Waals surface area contributed by atoms with Gasteiger partial charge in [0.2, 0.25) is 11.8 Å². The van der Waals surface area contributed by atoms with E-state index in [1.807, 2.05) is 56.4 Å². The maximum atomic E-state index is 12.7. The number of likely N-dealkylation sites (N-methyl/N-ethyl adjacent to an activating group) is 1. The van der Waals surface area contributed by atoms with Crippen molar-refractivity contribution < 1.29 is 9.59 Å². The first-order valence-electron chi connectivity index (χ1n) is 9.85. The fraction of sp³-hybridized carbons (Fsp3) is 0.391. The molecule has 2 unspecified atom stereocenters. The quantitative estimate of drug-likeness (QED) is 0.753. The van der Waals surface area contributed by atoms with Crippen molar-refractivity contribution >= 4 is 17.5 Å². The molecule has 1 heterocycles. The van der Waals surface area contributed by atoms with Crippen molar-refractivity contribution in [3.8, 4) is 0 Å². The number of carbonyl (C=O) groups is 2. The predicted molar refractivity (Wildman–Crippen MR) is 112 cm³/mol. The van der Waals surface area contributed by atoms with Gasteiger partial charge in [-0.2, -0.15) is 0 Å². The number of hydrogen-bond acceptors (Lipinski definition) is 3. The minimum atomic E-state index is -0.590. The smallest absolute Gasteiger partial charge is 0.239 e. The molecule has 2 aromatic rings. The van der Waals surface area contributed by atoms with Gasteiger partial charge in [-0.15, -0.1) is 0 Å². The molecule has 0 saturated carbocycles. The van der Waals surface area contributed by atoms with E-state index >= 15 is 0 Å². The molecule has 5 nitrogen and oxygen atoms in total. The fourth-order valence-corrected chi connectivity index (χ4v) is 3.46. The van der Waals surface area contributed by atoms with Crippen molar-refractivity contribution in [3.63, 3.8) is 0 Å². The maximum Gasteiger partial charge on any atom is 0.239 e. The molecule has 5 heteroatoms. The van der Waals surface area contributed by atoms with Gasteiger partial charge in [-0.05, 0) is 45.0 Å². The largest absolute Gasteiger partial charge is 0.354 e. The summed E-state index contributed by atoms with van der Waals surface area (Å²) in [4.78, 5) is 29.2. The lowest BCUT2D eigenvalue weighted by Crippen LogP contribution is -2.43. The summed E-state index contributed by atoms with van der Waals surface area (Å²) in [5.74, 6) is -0.862. The van der Waals surface area contributed by atoms with Crippen LogP contribution in [0.1, 0.15) is 24.5 Å². The van der Waals surface area contributed by atoms with Gasteiger partial charge in [-0.3, -0.25) is 14.5 Å². The highest BCUT2D eigenvalue weighted by Gasteiger charge is 2.37. The molecule has 0 aromatic heterocycles. The third-order valence-corrected chi connectivity index (χ3v) is 5.47.